The van der Waals surface area contributed by atoms with Gasteiger partial charge in [-0.3, -0.25) is 9.59 Å². The van der Waals surface area contributed by atoms with Crippen molar-refractivity contribution in [2.24, 2.45) is 17.3 Å². The zero-order valence-corrected chi connectivity index (χ0v) is 12.5. The summed E-state index contributed by atoms with van der Waals surface area (Å²) in [5, 5.41) is 12.5. The van der Waals surface area contributed by atoms with Gasteiger partial charge in [-0.15, -0.1) is 0 Å². The Bertz CT molecular complexity index is 359. The van der Waals surface area contributed by atoms with Gasteiger partial charge < -0.3 is 10.4 Å². The number of rotatable bonds is 4. The average Bonchev–Trinajstić information content (AvgIpc) is 2.71. The van der Waals surface area contributed by atoms with Gasteiger partial charge in [-0.1, -0.05) is 39.0 Å². The van der Waals surface area contributed by atoms with E-state index in [-0.39, 0.29) is 11.8 Å². The van der Waals surface area contributed by atoms with Crippen LogP contribution in [0.5, 0.6) is 0 Å². The maximum absolute atomic E-state index is 12.2. The molecule has 114 valence electrons. The van der Waals surface area contributed by atoms with Gasteiger partial charge in [-0.25, -0.2) is 0 Å². The van der Waals surface area contributed by atoms with Crippen LogP contribution in [0, 0.1) is 17.3 Å². The first-order chi connectivity index (χ1) is 9.55. The molecule has 0 saturated heterocycles. The van der Waals surface area contributed by atoms with Crippen molar-refractivity contribution in [1.29, 1.82) is 0 Å². The van der Waals surface area contributed by atoms with Gasteiger partial charge in [0.25, 0.3) is 0 Å². The molecule has 2 unspecified atom stereocenters. The Balaban J connectivity index is 1.94. The number of nitrogens with one attached hydrogen (secondary N) is 1. The second kappa shape index (κ2) is 6.59. The summed E-state index contributed by atoms with van der Waals surface area (Å²) < 4.78 is 0. The lowest BCUT2D eigenvalue weighted by atomic mass is 9.80. The minimum Gasteiger partial charge on any atom is -0.481 e. The Kier molecular flexibility index (Phi) is 5.06. The number of carbonyl (C=O) groups is 2. The molecule has 2 saturated carbocycles. The predicted octanol–water partition coefficient (Wildman–Crippen LogP) is 2.96. The zero-order chi connectivity index (χ0) is 14.6. The molecule has 2 fully saturated rings. The molecule has 2 rings (SSSR count). The van der Waals surface area contributed by atoms with Crippen LogP contribution in [0.1, 0.15) is 64.7 Å². The van der Waals surface area contributed by atoms with Crippen molar-refractivity contribution in [2.45, 2.75) is 64.7 Å². The van der Waals surface area contributed by atoms with Gasteiger partial charge in [-0.2, -0.15) is 0 Å². The monoisotopic (exact) mass is 281 g/mol. The molecule has 0 heterocycles. The van der Waals surface area contributed by atoms with Crippen LogP contribution in [-0.4, -0.2) is 23.5 Å². The summed E-state index contributed by atoms with van der Waals surface area (Å²) in [7, 11) is 0. The van der Waals surface area contributed by atoms with Crippen LogP contribution in [-0.2, 0) is 9.59 Å². The van der Waals surface area contributed by atoms with E-state index in [0.29, 0.717) is 25.3 Å². The van der Waals surface area contributed by atoms with Gasteiger partial charge in [0.05, 0.1) is 5.41 Å². The van der Waals surface area contributed by atoms with Crippen LogP contribution in [0.3, 0.4) is 0 Å². The molecule has 2 atom stereocenters. The fourth-order valence-electron chi connectivity index (χ4n) is 3.79. The summed E-state index contributed by atoms with van der Waals surface area (Å²) in [4.78, 5) is 23.9. The van der Waals surface area contributed by atoms with Crippen LogP contribution in [0.4, 0.5) is 0 Å². The van der Waals surface area contributed by atoms with Crippen molar-refractivity contribution in [1.82, 2.24) is 5.32 Å². The summed E-state index contributed by atoms with van der Waals surface area (Å²) in [5.41, 5.74) is -0.728. The Morgan fingerprint density at radius 1 is 1.10 bits per heavy atom. The molecule has 2 aliphatic rings. The first-order valence-electron chi connectivity index (χ1n) is 8.06. The summed E-state index contributed by atoms with van der Waals surface area (Å²) in [6.45, 7) is 2.43. The molecule has 2 N–H and O–H groups in total. The third-order valence-corrected chi connectivity index (χ3v) is 5.31. The standard InChI is InChI=1S/C16H27NO3/c1-12-7-6-8-13(12)14(18)17-11-16(15(19)20)9-4-2-3-5-10-16/h12-13H,2-11H2,1H3,(H,17,18)(H,19,20). The van der Waals surface area contributed by atoms with Gasteiger partial charge in [0.2, 0.25) is 5.91 Å². The highest BCUT2D eigenvalue weighted by Crippen LogP contribution is 2.36. The lowest BCUT2D eigenvalue weighted by Gasteiger charge is -2.29. The van der Waals surface area contributed by atoms with E-state index in [0.717, 1.165) is 44.9 Å². The van der Waals surface area contributed by atoms with Crippen LogP contribution in [0.15, 0.2) is 0 Å². The predicted molar refractivity (Wildman–Crippen MR) is 77.3 cm³/mol. The Morgan fingerprint density at radius 3 is 2.25 bits per heavy atom. The average molecular weight is 281 g/mol. The Hall–Kier alpha value is -1.06. The van der Waals surface area contributed by atoms with Crippen molar-refractivity contribution in [3.8, 4) is 0 Å². The molecule has 0 aromatic heterocycles. The van der Waals surface area contributed by atoms with Crippen molar-refractivity contribution < 1.29 is 14.7 Å². The number of carboxylic acids is 1. The van der Waals surface area contributed by atoms with Gasteiger partial charge in [0, 0.05) is 12.5 Å². The normalized spacial score (nSPS) is 29.6. The van der Waals surface area contributed by atoms with E-state index >= 15 is 0 Å². The summed E-state index contributed by atoms with van der Waals surface area (Å²) >= 11 is 0. The first kappa shape index (κ1) is 15.3. The minimum atomic E-state index is -0.737. The fraction of sp³-hybridized carbons (Fsp3) is 0.875. The molecule has 0 radical (unpaired) electrons. The van der Waals surface area contributed by atoms with Crippen LogP contribution in [0.25, 0.3) is 0 Å². The second-order valence-electron chi connectivity index (χ2n) is 6.73. The smallest absolute Gasteiger partial charge is 0.311 e. The van der Waals surface area contributed by atoms with E-state index in [1.807, 2.05) is 0 Å². The minimum absolute atomic E-state index is 0.0693. The quantitative estimate of drug-likeness (QED) is 0.779. The van der Waals surface area contributed by atoms with Crippen molar-refractivity contribution in [2.75, 3.05) is 6.54 Å². The Labute approximate surface area is 121 Å². The lowest BCUT2D eigenvalue weighted by molar-refractivity contribution is -0.150. The van der Waals surface area contributed by atoms with Crippen molar-refractivity contribution >= 4 is 11.9 Å². The fourth-order valence-corrected chi connectivity index (χ4v) is 3.79. The second-order valence-corrected chi connectivity index (χ2v) is 6.73. The third kappa shape index (κ3) is 3.33. The molecule has 2 aliphatic carbocycles. The van der Waals surface area contributed by atoms with Crippen LogP contribution >= 0.6 is 0 Å². The maximum atomic E-state index is 12.2. The van der Waals surface area contributed by atoms with E-state index in [2.05, 4.69) is 12.2 Å². The number of hydrogen-bond donors (Lipinski definition) is 2. The first-order valence-corrected chi connectivity index (χ1v) is 8.06. The molecule has 0 aromatic carbocycles. The van der Waals surface area contributed by atoms with Crippen LogP contribution < -0.4 is 5.32 Å². The molecule has 4 heteroatoms. The molecule has 0 spiro atoms. The van der Waals surface area contributed by atoms with Crippen molar-refractivity contribution in [3.63, 3.8) is 0 Å². The van der Waals surface area contributed by atoms with Gasteiger partial charge >= 0.3 is 5.97 Å². The molecule has 0 bridgehead atoms. The van der Waals surface area contributed by atoms with Gasteiger partial charge in [-0.05, 0) is 31.6 Å². The number of carbonyl (C=O) groups excluding carboxylic acids is 1. The number of aliphatic carboxylic acids is 1. The van der Waals surface area contributed by atoms with E-state index in [4.69, 9.17) is 0 Å². The van der Waals surface area contributed by atoms with E-state index in [9.17, 15) is 14.7 Å². The number of hydrogen-bond acceptors (Lipinski definition) is 2. The molecular formula is C16H27NO3. The summed E-state index contributed by atoms with van der Waals surface area (Å²) in [6.07, 6.45) is 8.72. The summed E-state index contributed by atoms with van der Waals surface area (Å²) in [5.74, 6) is -0.143. The third-order valence-electron chi connectivity index (χ3n) is 5.31. The van der Waals surface area contributed by atoms with E-state index in [1.54, 1.807) is 0 Å². The molecular weight excluding hydrogens is 254 g/mol. The van der Waals surface area contributed by atoms with E-state index in [1.165, 1.54) is 0 Å². The number of amides is 1. The molecule has 0 aromatic rings. The SMILES string of the molecule is CC1CCCC1C(=O)NCC1(C(=O)O)CCCCCC1. The van der Waals surface area contributed by atoms with Crippen LogP contribution in [0.2, 0.25) is 0 Å². The molecule has 20 heavy (non-hydrogen) atoms. The Morgan fingerprint density at radius 2 is 1.75 bits per heavy atom. The highest BCUT2D eigenvalue weighted by atomic mass is 16.4. The highest BCUT2D eigenvalue weighted by Gasteiger charge is 2.40. The van der Waals surface area contributed by atoms with Gasteiger partial charge in [0.15, 0.2) is 0 Å². The molecule has 0 aliphatic heterocycles. The summed E-state index contributed by atoms with van der Waals surface area (Å²) in [6, 6.07) is 0. The number of carboxylic acid groups (broad SMARTS) is 1. The van der Waals surface area contributed by atoms with Crippen molar-refractivity contribution in [3.05, 3.63) is 0 Å². The highest BCUT2D eigenvalue weighted by molar-refractivity contribution is 5.81. The lowest BCUT2D eigenvalue weighted by Crippen LogP contribution is -2.44. The van der Waals surface area contributed by atoms with Gasteiger partial charge in [0.1, 0.15) is 0 Å². The maximum Gasteiger partial charge on any atom is 0.311 e. The largest absolute Gasteiger partial charge is 0.481 e. The molecule has 4 nitrogen and oxygen atoms in total. The zero-order valence-electron chi connectivity index (χ0n) is 12.5. The van der Waals surface area contributed by atoms with E-state index < -0.39 is 11.4 Å². The molecule has 1 amide bonds. The topological polar surface area (TPSA) is 66.4 Å².